The van der Waals surface area contributed by atoms with Crippen molar-refractivity contribution in [3.8, 4) is 0 Å². The quantitative estimate of drug-likeness (QED) is 0.588. The minimum atomic E-state index is -0.115. The predicted molar refractivity (Wildman–Crippen MR) is 68.4 cm³/mol. The van der Waals surface area contributed by atoms with Crippen molar-refractivity contribution in [1.82, 2.24) is 4.90 Å². The number of allylic oxidation sites excluding steroid dienone is 3. The van der Waals surface area contributed by atoms with Gasteiger partial charge in [0.1, 0.15) is 6.04 Å². The van der Waals surface area contributed by atoms with Gasteiger partial charge in [-0.25, -0.2) is 0 Å². The summed E-state index contributed by atoms with van der Waals surface area (Å²) in [7, 11) is 1.45. The summed E-state index contributed by atoms with van der Waals surface area (Å²) in [4.78, 5) is 13.6. The molecule has 0 aromatic rings. The molecule has 0 aliphatic carbocycles. The zero-order valence-electron chi connectivity index (χ0n) is 9.78. The Morgan fingerprint density at radius 3 is 3.00 bits per heavy atom. The molecule has 1 fully saturated rings. The second-order valence-corrected chi connectivity index (χ2v) is 4.67. The number of halogens is 1. The molecular weight excluding hydrogens is 270 g/mol. The van der Waals surface area contributed by atoms with E-state index in [0.717, 1.165) is 30.4 Å². The van der Waals surface area contributed by atoms with Gasteiger partial charge in [0.25, 0.3) is 0 Å². The number of carbonyl (C=O) groups excluding carboxylic acids is 1. The highest BCUT2D eigenvalue weighted by Gasteiger charge is 2.30. The fourth-order valence-electron chi connectivity index (χ4n) is 1.84. The van der Waals surface area contributed by atoms with Crippen LogP contribution >= 0.6 is 15.9 Å². The van der Waals surface area contributed by atoms with Crippen molar-refractivity contribution in [2.75, 3.05) is 20.2 Å². The number of esters is 1. The van der Waals surface area contributed by atoms with Crippen molar-refractivity contribution in [3.63, 3.8) is 0 Å². The lowest BCUT2D eigenvalue weighted by Gasteiger charge is -2.20. The Labute approximate surface area is 105 Å². The van der Waals surface area contributed by atoms with Gasteiger partial charge in [0, 0.05) is 11.0 Å². The normalized spacial score (nSPS) is 22.9. The van der Waals surface area contributed by atoms with Crippen LogP contribution in [0.4, 0.5) is 0 Å². The van der Waals surface area contributed by atoms with Gasteiger partial charge in [-0.15, -0.1) is 0 Å². The Morgan fingerprint density at radius 2 is 2.38 bits per heavy atom. The summed E-state index contributed by atoms with van der Waals surface area (Å²) in [6, 6.07) is -0.0565. The fourth-order valence-corrected chi connectivity index (χ4v) is 2.03. The average Bonchev–Trinajstić information content (AvgIpc) is 2.76. The van der Waals surface area contributed by atoms with E-state index < -0.39 is 0 Å². The lowest BCUT2D eigenvalue weighted by molar-refractivity contribution is -0.145. The van der Waals surface area contributed by atoms with Crippen LogP contribution < -0.4 is 0 Å². The molecule has 1 aliphatic heterocycles. The molecule has 1 atom stereocenters. The first-order valence-electron chi connectivity index (χ1n) is 5.49. The van der Waals surface area contributed by atoms with E-state index in [0.29, 0.717) is 0 Å². The molecule has 90 valence electrons. The molecule has 0 amide bonds. The van der Waals surface area contributed by atoms with Crippen LogP contribution in [0.5, 0.6) is 0 Å². The van der Waals surface area contributed by atoms with Crippen molar-refractivity contribution < 1.29 is 9.53 Å². The largest absolute Gasteiger partial charge is 0.468 e. The Kier molecular flexibility index (Phi) is 5.77. The van der Waals surface area contributed by atoms with Gasteiger partial charge in [-0.3, -0.25) is 9.69 Å². The third kappa shape index (κ3) is 3.76. The van der Waals surface area contributed by atoms with E-state index in [4.69, 9.17) is 4.74 Å². The highest BCUT2D eigenvalue weighted by Crippen LogP contribution is 2.18. The van der Waals surface area contributed by atoms with E-state index in [-0.39, 0.29) is 12.0 Å². The average molecular weight is 288 g/mol. The standard InChI is InChI=1S/C12H18BrNO2/c1-3-10(13)6-4-8-14-9-5-7-11(14)12(15)16-2/h3-4,6,11H,5,7-9H2,1-2H3/b6-4+,10-3-/t11-/m0/s1. The maximum Gasteiger partial charge on any atom is 0.323 e. The number of ether oxygens (including phenoxy) is 1. The zero-order valence-corrected chi connectivity index (χ0v) is 11.4. The van der Waals surface area contributed by atoms with Crippen LogP contribution in [0.1, 0.15) is 19.8 Å². The highest BCUT2D eigenvalue weighted by molar-refractivity contribution is 9.11. The van der Waals surface area contributed by atoms with E-state index >= 15 is 0 Å². The number of likely N-dealkylation sites (tertiary alicyclic amines) is 1. The summed E-state index contributed by atoms with van der Waals surface area (Å²) in [6.45, 7) is 3.74. The first-order chi connectivity index (χ1) is 7.69. The van der Waals surface area contributed by atoms with Gasteiger partial charge in [0.2, 0.25) is 0 Å². The van der Waals surface area contributed by atoms with E-state index in [1.807, 2.05) is 19.1 Å². The molecule has 0 saturated carbocycles. The number of methoxy groups -OCH3 is 1. The molecule has 16 heavy (non-hydrogen) atoms. The smallest absolute Gasteiger partial charge is 0.323 e. The van der Waals surface area contributed by atoms with Crippen LogP contribution in [-0.2, 0) is 9.53 Å². The molecule has 0 radical (unpaired) electrons. The minimum absolute atomic E-state index is 0.0565. The Morgan fingerprint density at radius 1 is 1.62 bits per heavy atom. The summed E-state index contributed by atoms with van der Waals surface area (Å²) in [5.41, 5.74) is 0. The topological polar surface area (TPSA) is 29.5 Å². The molecule has 0 unspecified atom stereocenters. The summed E-state index contributed by atoms with van der Waals surface area (Å²) in [5, 5.41) is 0. The van der Waals surface area contributed by atoms with Crippen LogP contribution in [0.2, 0.25) is 0 Å². The van der Waals surface area contributed by atoms with Crippen LogP contribution in [0.3, 0.4) is 0 Å². The number of carbonyl (C=O) groups is 1. The summed E-state index contributed by atoms with van der Waals surface area (Å²) in [6.07, 6.45) is 8.03. The van der Waals surface area contributed by atoms with Crippen LogP contribution in [0, 0.1) is 0 Å². The molecule has 4 heteroatoms. The first-order valence-corrected chi connectivity index (χ1v) is 6.28. The zero-order chi connectivity index (χ0) is 12.0. The second kappa shape index (κ2) is 6.86. The minimum Gasteiger partial charge on any atom is -0.468 e. The van der Waals surface area contributed by atoms with Crippen LogP contribution in [0.25, 0.3) is 0 Å². The van der Waals surface area contributed by atoms with Crippen molar-refractivity contribution in [1.29, 1.82) is 0 Å². The SMILES string of the molecule is C/C=C(Br)/C=C/CN1CCC[C@H]1C(=O)OC. The van der Waals surface area contributed by atoms with E-state index in [1.165, 1.54) is 7.11 Å². The molecule has 0 aromatic heterocycles. The number of rotatable bonds is 4. The van der Waals surface area contributed by atoms with Crippen LogP contribution in [-0.4, -0.2) is 37.1 Å². The summed E-state index contributed by atoms with van der Waals surface area (Å²) in [5.74, 6) is -0.115. The lowest BCUT2D eigenvalue weighted by Crippen LogP contribution is -2.36. The molecule has 0 N–H and O–H groups in total. The molecular formula is C12H18BrNO2. The van der Waals surface area contributed by atoms with Gasteiger partial charge < -0.3 is 4.74 Å². The third-order valence-electron chi connectivity index (χ3n) is 2.73. The third-order valence-corrected chi connectivity index (χ3v) is 3.45. The monoisotopic (exact) mass is 287 g/mol. The predicted octanol–water partition coefficient (Wildman–Crippen LogP) is 2.48. The van der Waals surface area contributed by atoms with Crippen molar-refractivity contribution >= 4 is 21.9 Å². The Balaban J connectivity index is 2.47. The molecule has 1 saturated heterocycles. The molecule has 0 aromatic carbocycles. The highest BCUT2D eigenvalue weighted by atomic mass is 79.9. The number of hydrogen-bond acceptors (Lipinski definition) is 3. The number of nitrogens with zero attached hydrogens (tertiary/aromatic N) is 1. The van der Waals surface area contributed by atoms with Gasteiger partial charge in [-0.2, -0.15) is 0 Å². The Hall–Kier alpha value is -0.610. The van der Waals surface area contributed by atoms with Gasteiger partial charge in [0.05, 0.1) is 7.11 Å². The molecule has 1 rings (SSSR count). The fraction of sp³-hybridized carbons (Fsp3) is 0.583. The molecule has 0 bridgehead atoms. The lowest BCUT2D eigenvalue weighted by atomic mass is 10.2. The molecule has 3 nitrogen and oxygen atoms in total. The summed E-state index contributed by atoms with van der Waals surface area (Å²) < 4.78 is 5.84. The van der Waals surface area contributed by atoms with Crippen molar-refractivity contribution in [2.45, 2.75) is 25.8 Å². The van der Waals surface area contributed by atoms with Crippen molar-refractivity contribution in [3.05, 3.63) is 22.7 Å². The van der Waals surface area contributed by atoms with Crippen molar-refractivity contribution in [2.24, 2.45) is 0 Å². The maximum absolute atomic E-state index is 11.5. The van der Waals surface area contributed by atoms with E-state index in [2.05, 4.69) is 26.9 Å². The van der Waals surface area contributed by atoms with Gasteiger partial charge >= 0.3 is 5.97 Å². The van der Waals surface area contributed by atoms with Crippen LogP contribution in [0.15, 0.2) is 22.7 Å². The maximum atomic E-state index is 11.5. The first kappa shape index (κ1) is 13.5. The second-order valence-electron chi connectivity index (χ2n) is 3.75. The number of hydrogen-bond donors (Lipinski definition) is 0. The van der Waals surface area contributed by atoms with Gasteiger partial charge in [-0.05, 0) is 26.3 Å². The molecule has 0 spiro atoms. The molecule has 1 aliphatic rings. The van der Waals surface area contributed by atoms with Gasteiger partial charge in [0.15, 0.2) is 0 Å². The molecule has 1 heterocycles. The van der Waals surface area contributed by atoms with Gasteiger partial charge in [-0.1, -0.05) is 34.2 Å². The van der Waals surface area contributed by atoms with E-state index in [9.17, 15) is 4.79 Å². The van der Waals surface area contributed by atoms with E-state index in [1.54, 1.807) is 0 Å². The summed E-state index contributed by atoms with van der Waals surface area (Å²) >= 11 is 3.41. The Bertz CT molecular complexity index is 299.